The Morgan fingerprint density at radius 1 is 0.811 bits per heavy atom. The molecule has 3 aromatic carbocycles. The molecule has 2 aliphatic carbocycles. The average Bonchev–Trinajstić information content (AvgIpc) is 3.96. The molecule has 0 amide bonds. The van der Waals surface area contributed by atoms with Crippen molar-refractivity contribution in [1.29, 1.82) is 0 Å². The van der Waals surface area contributed by atoms with E-state index in [4.69, 9.17) is 20.2 Å². The van der Waals surface area contributed by atoms with Crippen molar-refractivity contribution >= 4 is 39.5 Å². The minimum atomic E-state index is 0.429. The Morgan fingerprint density at radius 3 is 2.40 bits per heavy atom. The fraction of sp³-hybridized carbons (Fsp3) is 0.106. The van der Waals surface area contributed by atoms with Gasteiger partial charge in [-0.2, -0.15) is 0 Å². The number of hydrogen-bond acceptors (Lipinski definition) is 5. The van der Waals surface area contributed by atoms with Crippen LogP contribution in [0.1, 0.15) is 49.1 Å². The number of oxazole rings is 2. The van der Waals surface area contributed by atoms with E-state index in [-0.39, 0.29) is 0 Å². The first-order valence-corrected chi connectivity index (χ1v) is 17.9. The Morgan fingerprint density at radius 2 is 1.62 bits per heavy atom. The average molecular weight is 689 g/mol. The van der Waals surface area contributed by atoms with Crippen LogP contribution in [0.25, 0.3) is 56.4 Å². The van der Waals surface area contributed by atoms with Crippen LogP contribution in [0.5, 0.6) is 0 Å². The molecule has 0 radical (unpaired) electrons. The van der Waals surface area contributed by atoms with Crippen LogP contribution < -0.4 is 4.90 Å². The molecule has 7 aromatic rings. The summed E-state index contributed by atoms with van der Waals surface area (Å²) >= 11 is 0. The smallest absolute Gasteiger partial charge is 0.235 e. The molecule has 0 fully saturated rings. The van der Waals surface area contributed by atoms with Crippen molar-refractivity contribution < 1.29 is 8.83 Å². The highest BCUT2D eigenvalue weighted by molar-refractivity contribution is 5.81. The van der Waals surface area contributed by atoms with E-state index in [0.29, 0.717) is 22.9 Å². The molecule has 0 unspecified atom stereocenters. The number of para-hydroxylation sites is 2. The fourth-order valence-electron chi connectivity index (χ4n) is 7.14. The summed E-state index contributed by atoms with van der Waals surface area (Å²) in [6.07, 6.45) is 26.5. The van der Waals surface area contributed by atoms with Gasteiger partial charge >= 0.3 is 0 Å². The van der Waals surface area contributed by atoms with E-state index < -0.39 is 0 Å². The lowest BCUT2D eigenvalue weighted by atomic mass is 9.93. The number of aromatic nitrogens is 3. The summed E-state index contributed by atoms with van der Waals surface area (Å²) in [6, 6.07) is 33.5. The van der Waals surface area contributed by atoms with Gasteiger partial charge in [0, 0.05) is 52.5 Å². The summed E-state index contributed by atoms with van der Waals surface area (Å²) < 4.78 is 14.3. The molecule has 256 valence electrons. The number of fused-ring (bicyclic) bond motifs is 3. The van der Waals surface area contributed by atoms with E-state index in [9.17, 15) is 0 Å². The third kappa shape index (κ3) is 6.34. The van der Waals surface area contributed by atoms with Gasteiger partial charge in [0.1, 0.15) is 17.0 Å². The van der Waals surface area contributed by atoms with Gasteiger partial charge in [0.15, 0.2) is 5.58 Å². The number of pyridine rings is 1. The number of nitrogens with zero attached hydrogens (tertiary/aromatic N) is 4. The number of allylic oxidation sites excluding steroid dienone is 9. The summed E-state index contributed by atoms with van der Waals surface area (Å²) in [5, 5.41) is 0. The normalized spacial score (nSPS) is 14.6. The van der Waals surface area contributed by atoms with Crippen molar-refractivity contribution in [1.82, 2.24) is 14.4 Å². The monoisotopic (exact) mass is 688 g/mol. The summed E-state index contributed by atoms with van der Waals surface area (Å²) in [7, 11) is 0. The number of hydrogen-bond donors (Lipinski definition) is 0. The lowest BCUT2D eigenvalue weighted by Gasteiger charge is -2.30. The van der Waals surface area contributed by atoms with Gasteiger partial charge in [0.25, 0.3) is 0 Å². The highest BCUT2D eigenvalue weighted by atomic mass is 16.4. The number of benzene rings is 3. The highest BCUT2D eigenvalue weighted by Gasteiger charge is 2.20. The van der Waals surface area contributed by atoms with Gasteiger partial charge in [-0.15, -0.1) is 6.42 Å². The number of anilines is 1. The molecule has 2 aliphatic rings. The summed E-state index contributed by atoms with van der Waals surface area (Å²) in [5.74, 6) is 4.80. The zero-order valence-electron chi connectivity index (χ0n) is 29.4. The van der Waals surface area contributed by atoms with Crippen LogP contribution in [0.15, 0.2) is 160 Å². The molecule has 4 heterocycles. The maximum atomic E-state index is 6.15. The molecule has 0 spiro atoms. The van der Waals surface area contributed by atoms with Crippen LogP contribution in [0.2, 0.25) is 0 Å². The van der Waals surface area contributed by atoms with Gasteiger partial charge in [0.05, 0.1) is 5.57 Å². The molecule has 0 aliphatic heterocycles. The molecule has 0 N–H and O–H groups in total. The van der Waals surface area contributed by atoms with E-state index in [0.717, 1.165) is 59.6 Å². The molecule has 6 heteroatoms. The first-order chi connectivity index (χ1) is 26.1. The Bertz CT molecular complexity index is 2620. The second-order valence-electron chi connectivity index (χ2n) is 13.4. The van der Waals surface area contributed by atoms with Crippen molar-refractivity contribution in [3.63, 3.8) is 0 Å². The maximum absolute atomic E-state index is 6.15. The van der Waals surface area contributed by atoms with Crippen LogP contribution in [-0.4, -0.2) is 14.4 Å². The first kappa shape index (κ1) is 32.1. The van der Waals surface area contributed by atoms with E-state index in [2.05, 4.69) is 131 Å². The number of rotatable bonds is 8. The lowest BCUT2D eigenvalue weighted by molar-refractivity contribution is 0.516. The van der Waals surface area contributed by atoms with Gasteiger partial charge in [-0.3, -0.25) is 0 Å². The Kier molecular flexibility index (Phi) is 8.30. The molecule has 0 bridgehead atoms. The molecular formula is C47H36N4O2. The Labute approximate surface area is 308 Å². The van der Waals surface area contributed by atoms with E-state index in [1.165, 1.54) is 33.5 Å². The second kappa shape index (κ2) is 13.7. The second-order valence-corrected chi connectivity index (χ2v) is 13.4. The largest absolute Gasteiger partial charge is 0.441 e. The molecule has 0 saturated heterocycles. The zero-order chi connectivity index (χ0) is 35.7. The quantitative estimate of drug-likeness (QED) is 0.117. The number of aryl methyl sites for hydroxylation is 1. The van der Waals surface area contributed by atoms with Crippen LogP contribution in [0.3, 0.4) is 0 Å². The molecule has 6 nitrogen and oxygen atoms in total. The van der Waals surface area contributed by atoms with E-state index in [1.54, 1.807) is 0 Å². The zero-order valence-corrected chi connectivity index (χ0v) is 29.4. The highest BCUT2D eigenvalue weighted by Crippen LogP contribution is 2.36. The number of terminal acetylenes is 1. The lowest BCUT2D eigenvalue weighted by Crippen LogP contribution is -2.21. The Balaban J connectivity index is 1.03. The summed E-state index contributed by atoms with van der Waals surface area (Å²) in [5.41, 5.74) is 13.3. The topological polar surface area (TPSA) is 59.7 Å². The van der Waals surface area contributed by atoms with Crippen LogP contribution in [0.4, 0.5) is 5.69 Å². The SMILES string of the molecule is C#C/C(=C\C=C(/C)N(C1=CC=C(c2ccc(-c3cc4ccccn4c3)cc2)CC1)c1ccc(-c2nc3c(o2)CCC=C3)cc1)c1nc2ccccc2o1. The molecule has 4 aromatic heterocycles. The van der Waals surface area contributed by atoms with Crippen molar-refractivity contribution in [2.45, 2.75) is 32.6 Å². The minimum Gasteiger partial charge on any atom is -0.441 e. The summed E-state index contributed by atoms with van der Waals surface area (Å²) in [6.45, 7) is 2.10. The third-order valence-corrected chi connectivity index (χ3v) is 9.95. The van der Waals surface area contributed by atoms with Crippen molar-refractivity contribution in [3.8, 4) is 34.9 Å². The fourth-order valence-corrected chi connectivity index (χ4v) is 7.14. The molecule has 0 saturated carbocycles. The van der Waals surface area contributed by atoms with E-state index in [1.807, 2.05) is 42.5 Å². The van der Waals surface area contributed by atoms with Crippen LogP contribution >= 0.6 is 0 Å². The van der Waals surface area contributed by atoms with E-state index >= 15 is 0 Å². The molecular weight excluding hydrogens is 653 g/mol. The van der Waals surface area contributed by atoms with Crippen molar-refractivity contribution in [2.24, 2.45) is 0 Å². The van der Waals surface area contributed by atoms with Gasteiger partial charge in [-0.05, 0) is 122 Å². The molecule has 53 heavy (non-hydrogen) atoms. The molecule has 0 atom stereocenters. The van der Waals surface area contributed by atoms with Gasteiger partial charge in [-0.1, -0.05) is 60.5 Å². The first-order valence-electron chi connectivity index (χ1n) is 17.9. The maximum Gasteiger partial charge on any atom is 0.235 e. The third-order valence-electron chi connectivity index (χ3n) is 9.95. The van der Waals surface area contributed by atoms with Gasteiger partial charge in [-0.25, -0.2) is 9.97 Å². The van der Waals surface area contributed by atoms with Crippen molar-refractivity contribution in [3.05, 3.63) is 174 Å². The summed E-state index contributed by atoms with van der Waals surface area (Å²) in [4.78, 5) is 11.7. The van der Waals surface area contributed by atoms with Gasteiger partial charge in [0.2, 0.25) is 11.8 Å². The molecule has 9 rings (SSSR count). The predicted molar refractivity (Wildman–Crippen MR) is 214 cm³/mol. The van der Waals surface area contributed by atoms with Crippen LogP contribution in [-0.2, 0) is 6.42 Å². The van der Waals surface area contributed by atoms with Gasteiger partial charge < -0.3 is 18.1 Å². The van der Waals surface area contributed by atoms with Crippen molar-refractivity contribution in [2.75, 3.05) is 4.90 Å². The predicted octanol–water partition coefficient (Wildman–Crippen LogP) is 11.6. The Hall–Kier alpha value is -6.84. The standard InChI is InChI=1S/C47H36N4O2/c1-3-33(46-48-42-11-4-6-13-44(42)52-46)16-15-32(2)51(40-27-23-37(24-28-40)47-49-43-12-5-7-14-45(43)53-47)39-25-21-35(22-26-39)34-17-19-36(20-18-34)38-30-41-10-8-9-29-50(41)31-38/h1,4-6,8-13,15-21,23-25,27-31H,7,14,22,26H2,2H3/b32-15+,33-16+. The van der Waals surface area contributed by atoms with Crippen LogP contribution in [0, 0.1) is 12.3 Å². The minimum absolute atomic E-state index is 0.429.